The lowest BCUT2D eigenvalue weighted by Gasteiger charge is -2.14. The summed E-state index contributed by atoms with van der Waals surface area (Å²) in [5.74, 6) is 6.09. The standard InChI is InChI=1S/C14H12N4S/c15-17-14-16-12-9-5-4-8-11(12)13(19)18(14)10-6-2-1-3-7-10/h1-9H,15H2,(H,16,17). The Hall–Kier alpha value is -2.24. The predicted octanol–water partition coefficient (Wildman–Crippen LogP) is 3.04. The minimum Gasteiger partial charge on any atom is -0.293 e. The first-order valence-electron chi connectivity index (χ1n) is 5.85. The van der Waals surface area contributed by atoms with Crippen LogP contribution in [0.5, 0.6) is 0 Å². The number of hydrogen-bond acceptors (Lipinski definition) is 4. The van der Waals surface area contributed by atoms with Crippen molar-refractivity contribution in [2.75, 3.05) is 5.43 Å². The summed E-state index contributed by atoms with van der Waals surface area (Å²) >= 11 is 5.56. The molecule has 0 atom stereocenters. The summed E-state index contributed by atoms with van der Waals surface area (Å²) < 4.78 is 2.52. The van der Waals surface area contributed by atoms with E-state index >= 15 is 0 Å². The van der Waals surface area contributed by atoms with Gasteiger partial charge in [-0.2, -0.15) is 0 Å². The molecule has 0 aliphatic heterocycles. The fourth-order valence-electron chi connectivity index (χ4n) is 2.05. The average Bonchev–Trinajstić information content (AvgIpc) is 2.48. The third-order valence-corrected chi connectivity index (χ3v) is 3.32. The van der Waals surface area contributed by atoms with E-state index in [1.807, 2.05) is 59.2 Å². The Morgan fingerprint density at radius 1 is 1.00 bits per heavy atom. The van der Waals surface area contributed by atoms with Gasteiger partial charge in [0, 0.05) is 11.1 Å². The Labute approximate surface area is 115 Å². The van der Waals surface area contributed by atoms with E-state index in [2.05, 4.69) is 10.4 Å². The molecule has 0 saturated heterocycles. The van der Waals surface area contributed by atoms with E-state index in [4.69, 9.17) is 18.1 Å². The van der Waals surface area contributed by atoms with E-state index in [1.165, 1.54) is 0 Å². The Balaban J connectivity index is 2.41. The molecule has 1 heterocycles. The zero-order valence-electron chi connectivity index (χ0n) is 10.1. The molecular weight excluding hydrogens is 256 g/mol. The van der Waals surface area contributed by atoms with Crippen LogP contribution in [0.4, 0.5) is 5.95 Å². The minimum absolute atomic E-state index is 0.523. The highest BCUT2D eigenvalue weighted by atomic mass is 32.1. The molecule has 0 amide bonds. The number of benzene rings is 2. The van der Waals surface area contributed by atoms with Gasteiger partial charge in [-0.05, 0) is 24.3 Å². The molecule has 0 saturated carbocycles. The summed E-state index contributed by atoms with van der Waals surface area (Å²) in [5, 5.41) is 0.931. The number of nitrogens with two attached hydrogens (primary N) is 1. The molecule has 4 nitrogen and oxygen atoms in total. The second kappa shape index (κ2) is 4.79. The van der Waals surface area contributed by atoms with Gasteiger partial charge in [-0.1, -0.05) is 42.5 Å². The number of aromatic nitrogens is 2. The minimum atomic E-state index is 0.523. The van der Waals surface area contributed by atoms with E-state index < -0.39 is 0 Å². The smallest absolute Gasteiger partial charge is 0.223 e. The van der Waals surface area contributed by atoms with Crippen molar-refractivity contribution >= 4 is 29.1 Å². The Bertz CT molecular complexity index is 780. The Kier molecular flexibility index (Phi) is 2.98. The van der Waals surface area contributed by atoms with Crippen LogP contribution in [0.1, 0.15) is 0 Å². The summed E-state index contributed by atoms with van der Waals surface area (Å²) in [6.07, 6.45) is 0. The van der Waals surface area contributed by atoms with Gasteiger partial charge in [0.05, 0.1) is 5.52 Å². The highest BCUT2D eigenvalue weighted by molar-refractivity contribution is 7.71. The maximum atomic E-state index is 5.57. The summed E-state index contributed by atoms with van der Waals surface area (Å²) in [5.41, 5.74) is 4.37. The normalized spacial score (nSPS) is 10.6. The number of nitrogens with zero attached hydrogens (tertiary/aromatic N) is 2. The van der Waals surface area contributed by atoms with Crippen molar-refractivity contribution in [3.8, 4) is 5.69 Å². The van der Waals surface area contributed by atoms with Crippen LogP contribution in [0.3, 0.4) is 0 Å². The van der Waals surface area contributed by atoms with Gasteiger partial charge >= 0.3 is 0 Å². The summed E-state index contributed by atoms with van der Waals surface area (Å²) in [4.78, 5) is 4.49. The maximum Gasteiger partial charge on any atom is 0.223 e. The van der Waals surface area contributed by atoms with Gasteiger partial charge in [-0.15, -0.1) is 0 Å². The molecule has 0 aliphatic rings. The van der Waals surface area contributed by atoms with Gasteiger partial charge in [-0.25, -0.2) is 10.8 Å². The van der Waals surface area contributed by atoms with Crippen molar-refractivity contribution in [2.24, 2.45) is 5.84 Å². The molecule has 3 rings (SSSR count). The van der Waals surface area contributed by atoms with Crippen molar-refractivity contribution in [3.05, 3.63) is 59.2 Å². The van der Waals surface area contributed by atoms with Crippen molar-refractivity contribution in [3.63, 3.8) is 0 Å². The summed E-state index contributed by atoms with van der Waals surface area (Å²) in [6, 6.07) is 17.5. The second-order valence-electron chi connectivity index (χ2n) is 4.07. The lowest BCUT2D eigenvalue weighted by Crippen LogP contribution is -2.16. The number of nitrogen functional groups attached to an aromatic ring is 1. The van der Waals surface area contributed by atoms with Crippen molar-refractivity contribution in [1.29, 1.82) is 0 Å². The third kappa shape index (κ3) is 1.99. The number of anilines is 1. The first-order chi connectivity index (χ1) is 9.31. The molecule has 94 valence electrons. The van der Waals surface area contributed by atoms with Crippen LogP contribution in [0.15, 0.2) is 54.6 Å². The van der Waals surface area contributed by atoms with E-state index in [0.29, 0.717) is 10.6 Å². The SMILES string of the molecule is NNc1nc2ccccc2c(=S)n1-c1ccccc1. The molecule has 0 radical (unpaired) electrons. The lowest BCUT2D eigenvalue weighted by atomic mass is 10.2. The highest BCUT2D eigenvalue weighted by Gasteiger charge is 2.08. The highest BCUT2D eigenvalue weighted by Crippen LogP contribution is 2.21. The third-order valence-electron chi connectivity index (χ3n) is 2.92. The number of nitrogens with one attached hydrogen (secondary N) is 1. The van der Waals surface area contributed by atoms with Crippen LogP contribution >= 0.6 is 12.2 Å². The van der Waals surface area contributed by atoms with Crippen LogP contribution in [0.25, 0.3) is 16.6 Å². The Morgan fingerprint density at radius 3 is 2.42 bits per heavy atom. The lowest BCUT2D eigenvalue weighted by molar-refractivity contribution is 0.980. The zero-order valence-corrected chi connectivity index (χ0v) is 10.9. The fraction of sp³-hybridized carbons (Fsp3) is 0. The number of fused-ring (bicyclic) bond motifs is 1. The zero-order chi connectivity index (χ0) is 13.2. The molecule has 3 N–H and O–H groups in total. The average molecular weight is 268 g/mol. The van der Waals surface area contributed by atoms with Crippen molar-refractivity contribution < 1.29 is 0 Å². The van der Waals surface area contributed by atoms with Gasteiger partial charge in [0.15, 0.2) is 0 Å². The number of rotatable bonds is 2. The van der Waals surface area contributed by atoms with Crippen molar-refractivity contribution in [1.82, 2.24) is 9.55 Å². The molecule has 0 fully saturated rings. The van der Waals surface area contributed by atoms with E-state index in [0.717, 1.165) is 16.6 Å². The van der Waals surface area contributed by atoms with E-state index in [1.54, 1.807) is 0 Å². The molecule has 0 aliphatic carbocycles. The van der Waals surface area contributed by atoms with Gasteiger partial charge in [0.25, 0.3) is 0 Å². The molecule has 19 heavy (non-hydrogen) atoms. The van der Waals surface area contributed by atoms with Gasteiger partial charge < -0.3 is 0 Å². The number of hydrogen-bond donors (Lipinski definition) is 2. The van der Waals surface area contributed by atoms with Gasteiger partial charge in [-0.3, -0.25) is 9.99 Å². The largest absolute Gasteiger partial charge is 0.293 e. The Morgan fingerprint density at radius 2 is 1.68 bits per heavy atom. The van der Waals surface area contributed by atoms with Gasteiger partial charge in [0.2, 0.25) is 5.95 Å². The molecule has 2 aromatic carbocycles. The number of hydrazine groups is 1. The van der Waals surface area contributed by atoms with Crippen LogP contribution in [-0.4, -0.2) is 9.55 Å². The van der Waals surface area contributed by atoms with Crippen LogP contribution in [0.2, 0.25) is 0 Å². The fourth-order valence-corrected chi connectivity index (χ4v) is 2.41. The quantitative estimate of drug-likeness (QED) is 0.426. The molecule has 1 aromatic heterocycles. The van der Waals surface area contributed by atoms with E-state index in [9.17, 15) is 0 Å². The molecule has 5 heteroatoms. The summed E-state index contributed by atoms with van der Waals surface area (Å²) in [6.45, 7) is 0. The molecular formula is C14H12N4S. The molecule has 0 bridgehead atoms. The van der Waals surface area contributed by atoms with Crippen LogP contribution in [-0.2, 0) is 0 Å². The van der Waals surface area contributed by atoms with Crippen LogP contribution < -0.4 is 11.3 Å². The summed E-state index contributed by atoms with van der Waals surface area (Å²) in [7, 11) is 0. The topological polar surface area (TPSA) is 55.9 Å². The van der Waals surface area contributed by atoms with Crippen molar-refractivity contribution in [2.45, 2.75) is 0 Å². The first-order valence-corrected chi connectivity index (χ1v) is 6.26. The molecule has 0 unspecified atom stereocenters. The molecule has 0 spiro atoms. The van der Waals surface area contributed by atoms with E-state index in [-0.39, 0.29) is 0 Å². The number of para-hydroxylation sites is 2. The molecule has 3 aromatic rings. The monoisotopic (exact) mass is 268 g/mol. The van der Waals surface area contributed by atoms with Crippen LogP contribution in [0, 0.1) is 4.64 Å². The maximum absolute atomic E-state index is 5.57. The van der Waals surface area contributed by atoms with Gasteiger partial charge in [0.1, 0.15) is 4.64 Å². The predicted molar refractivity (Wildman–Crippen MR) is 79.7 cm³/mol. The first kappa shape index (κ1) is 11.8. The second-order valence-corrected chi connectivity index (χ2v) is 4.46.